The zero-order valence-corrected chi connectivity index (χ0v) is 17.5. The molecule has 0 saturated carbocycles. The first-order valence-corrected chi connectivity index (χ1v) is 9.88. The van der Waals surface area contributed by atoms with Crippen LogP contribution < -0.4 is 5.32 Å². The SMILES string of the molecule is CCOC(=O)C(C)(C)COS(=O)(=O)N1C(=O)C(NC(=O)OC(C)(C)C)C1C. The van der Waals surface area contributed by atoms with Gasteiger partial charge in [0.25, 0.3) is 5.91 Å². The smallest absolute Gasteiger partial charge is 0.408 e. The van der Waals surface area contributed by atoms with E-state index in [2.05, 4.69) is 5.32 Å². The Morgan fingerprint density at radius 3 is 2.19 bits per heavy atom. The van der Waals surface area contributed by atoms with Crippen LogP contribution in [0.25, 0.3) is 0 Å². The molecule has 1 rings (SSSR count). The van der Waals surface area contributed by atoms with Gasteiger partial charge in [0.15, 0.2) is 0 Å². The first kappa shape index (κ1) is 23.2. The van der Waals surface area contributed by atoms with E-state index in [9.17, 15) is 22.8 Å². The molecule has 2 unspecified atom stereocenters. The number of hydrogen-bond donors (Lipinski definition) is 1. The van der Waals surface area contributed by atoms with Crippen molar-refractivity contribution < 1.29 is 36.5 Å². The maximum absolute atomic E-state index is 12.3. The Bertz CT molecular complexity index is 696. The fraction of sp³-hybridized carbons (Fsp3) is 0.812. The molecule has 0 aromatic heterocycles. The summed E-state index contributed by atoms with van der Waals surface area (Å²) in [6, 6.07) is -1.91. The van der Waals surface area contributed by atoms with Crippen molar-refractivity contribution in [2.45, 2.75) is 66.2 Å². The lowest BCUT2D eigenvalue weighted by Crippen LogP contribution is -2.71. The van der Waals surface area contributed by atoms with Crippen molar-refractivity contribution in [2.24, 2.45) is 5.41 Å². The van der Waals surface area contributed by atoms with Gasteiger partial charge in [-0.25, -0.2) is 9.10 Å². The molecule has 1 saturated heterocycles. The van der Waals surface area contributed by atoms with Gasteiger partial charge in [0.05, 0.1) is 24.7 Å². The van der Waals surface area contributed by atoms with E-state index in [1.54, 1.807) is 27.7 Å². The van der Waals surface area contributed by atoms with Crippen molar-refractivity contribution >= 4 is 28.3 Å². The van der Waals surface area contributed by atoms with Gasteiger partial charge in [-0.3, -0.25) is 13.8 Å². The van der Waals surface area contributed by atoms with E-state index in [4.69, 9.17) is 13.7 Å². The monoisotopic (exact) mass is 408 g/mol. The third-order valence-corrected chi connectivity index (χ3v) is 5.06. The number of hydrogen-bond acceptors (Lipinski definition) is 8. The molecule has 156 valence electrons. The highest BCUT2D eigenvalue weighted by molar-refractivity contribution is 7.85. The minimum Gasteiger partial charge on any atom is -0.466 e. The first-order valence-electron chi connectivity index (χ1n) is 8.52. The molecule has 0 aliphatic carbocycles. The topological polar surface area (TPSA) is 128 Å². The van der Waals surface area contributed by atoms with Crippen LogP contribution in [0.5, 0.6) is 0 Å². The predicted octanol–water partition coefficient (Wildman–Crippen LogP) is 0.961. The molecule has 2 amide bonds. The van der Waals surface area contributed by atoms with Crippen LogP contribution in [-0.4, -0.2) is 61.6 Å². The Morgan fingerprint density at radius 1 is 1.19 bits per heavy atom. The maximum atomic E-state index is 12.3. The Hall–Kier alpha value is -1.88. The molecule has 1 aliphatic rings. The Labute approximate surface area is 159 Å². The molecule has 0 aromatic carbocycles. The highest BCUT2D eigenvalue weighted by atomic mass is 32.2. The Morgan fingerprint density at radius 2 is 1.74 bits per heavy atom. The summed E-state index contributed by atoms with van der Waals surface area (Å²) < 4.78 is 39.9. The Balaban J connectivity index is 2.71. The summed E-state index contributed by atoms with van der Waals surface area (Å²) in [7, 11) is -4.42. The van der Waals surface area contributed by atoms with Crippen LogP contribution in [0.2, 0.25) is 0 Å². The predicted molar refractivity (Wildman–Crippen MR) is 94.8 cm³/mol. The first-order chi connectivity index (χ1) is 12.1. The molecule has 1 aliphatic heterocycles. The minimum absolute atomic E-state index is 0.147. The van der Waals surface area contributed by atoms with Gasteiger partial charge in [-0.2, -0.15) is 8.42 Å². The number of esters is 1. The van der Waals surface area contributed by atoms with Crippen molar-refractivity contribution in [3.8, 4) is 0 Å². The molecule has 0 bridgehead atoms. The van der Waals surface area contributed by atoms with Gasteiger partial charge in [0.2, 0.25) is 0 Å². The van der Waals surface area contributed by atoms with Crippen LogP contribution in [0.1, 0.15) is 48.5 Å². The van der Waals surface area contributed by atoms with Gasteiger partial charge in [-0.15, -0.1) is 0 Å². The largest absolute Gasteiger partial charge is 0.466 e. The lowest BCUT2D eigenvalue weighted by atomic mass is 9.95. The van der Waals surface area contributed by atoms with Crippen LogP contribution in [0.3, 0.4) is 0 Å². The summed E-state index contributed by atoms with van der Waals surface area (Å²) in [5.74, 6) is -1.46. The molecular weight excluding hydrogens is 380 g/mol. The molecule has 1 fully saturated rings. The van der Waals surface area contributed by atoms with E-state index >= 15 is 0 Å². The average molecular weight is 408 g/mol. The molecule has 0 aromatic rings. The fourth-order valence-electron chi connectivity index (χ4n) is 2.19. The number of nitrogens with zero attached hydrogens (tertiary/aromatic N) is 1. The van der Waals surface area contributed by atoms with Crippen LogP contribution in [0, 0.1) is 5.41 Å². The lowest BCUT2D eigenvalue weighted by molar-refractivity contribution is -0.155. The average Bonchev–Trinajstić information content (AvgIpc) is 2.49. The van der Waals surface area contributed by atoms with Crippen molar-refractivity contribution in [3.63, 3.8) is 0 Å². The summed E-state index contributed by atoms with van der Waals surface area (Å²) in [6.45, 7) is 10.6. The Kier molecular flexibility index (Phi) is 6.87. The number of ether oxygens (including phenoxy) is 2. The van der Waals surface area contributed by atoms with Gasteiger partial charge in [-0.05, 0) is 48.5 Å². The van der Waals surface area contributed by atoms with E-state index in [-0.39, 0.29) is 6.61 Å². The third kappa shape index (κ3) is 5.80. The normalized spacial score (nSPS) is 20.7. The van der Waals surface area contributed by atoms with Crippen molar-refractivity contribution in [1.29, 1.82) is 0 Å². The number of alkyl carbamates (subject to hydrolysis) is 1. The molecule has 11 heteroatoms. The van der Waals surface area contributed by atoms with Gasteiger partial charge < -0.3 is 14.8 Å². The van der Waals surface area contributed by atoms with Gasteiger partial charge in [-0.1, -0.05) is 0 Å². The van der Waals surface area contributed by atoms with Crippen molar-refractivity contribution in [2.75, 3.05) is 13.2 Å². The van der Waals surface area contributed by atoms with E-state index in [0.717, 1.165) is 0 Å². The number of β-lactam (4-membered cyclic amide) rings is 1. The molecule has 1 heterocycles. The summed E-state index contributed by atoms with van der Waals surface area (Å²) in [5.41, 5.74) is -1.97. The second-order valence-electron chi connectivity index (χ2n) is 7.82. The van der Waals surface area contributed by atoms with Gasteiger partial charge >= 0.3 is 22.4 Å². The van der Waals surface area contributed by atoms with Crippen molar-refractivity contribution in [1.82, 2.24) is 9.62 Å². The van der Waals surface area contributed by atoms with Crippen LogP contribution in [0.15, 0.2) is 0 Å². The second-order valence-corrected chi connectivity index (χ2v) is 9.31. The van der Waals surface area contributed by atoms with Gasteiger partial charge in [0, 0.05) is 0 Å². The van der Waals surface area contributed by atoms with E-state index in [0.29, 0.717) is 4.31 Å². The number of carbonyl (C=O) groups excluding carboxylic acids is 3. The van der Waals surface area contributed by atoms with E-state index in [1.165, 1.54) is 20.8 Å². The highest BCUT2D eigenvalue weighted by Gasteiger charge is 2.53. The van der Waals surface area contributed by atoms with Crippen LogP contribution in [0.4, 0.5) is 4.79 Å². The number of amides is 2. The summed E-state index contributed by atoms with van der Waals surface area (Å²) >= 11 is 0. The fourth-order valence-corrected chi connectivity index (χ4v) is 3.61. The standard InChI is InChI=1S/C16H28N2O8S/c1-8-24-13(20)16(6,7)9-25-27(22,23)18-10(2)11(12(18)19)17-14(21)26-15(3,4)5/h10-11H,8-9H2,1-7H3,(H,17,21). The van der Waals surface area contributed by atoms with E-state index < -0.39 is 58.0 Å². The van der Waals surface area contributed by atoms with Crippen molar-refractivity contribution in [3.05, 3.63) is 0 Å². The summed E-state index contributed by atoms with van der Waals surface area (Å²) in [6.07, 6.45) is -0.825. The molecule has 0 spiro atoms. The third-order valence-electron chi connectivity index (χ3n) is 3.65. The zero-order valence-electron chi connectivity index (χ0n) is 16.7. The molecule has 27 heavy (non-hydrogen) atoms. The lowest BCUT2D eigenvalue weighted by Gasteiger charge is -2.43. The number of carbonyl (C=O) groups is 3. The minimum atomic E-state index is -4.42. The maximum Gasteiger partial charge on any atom is 0.408 e. The quantitative estimate of drug-likeness (QED) is 0.487. The second kappa shape index (κ2) is 8.01. The molecule has 1 N–H and O–H groups in total. The molecular formula is C16H28N2O8S. The van der Waals surface area contributed by atoms with Crippen LogP contribution >= 0.6 is 0 Å². The van der Waals surface area contributed by atoms with E-state index in [1.807, 2.05) is 0 Å². The zero-order chi connectivity index (χ0) is 21.2. The van der Waals surface area contributed by atoms with Gasteiger partial charge in [0.1, 0.15) is 11.6 Å². The number of nitrogens with one attached hydrogen (secondary N) is 1. The summed E-state index contributed by atoms with van der Waals surface area (Å²) in [4.78, 5) is 35.8. The number of rotatable bonds is 7. The highest BCUT2D eigenvalue weighted by Crippen LogP contribution is 2.27. The summed E-state index contributed by atoms with van der Waals surface area (Å²) in [5, 5.41) is 2.34. The molecule has 0 radical (unpaired) electrons. The van der Waals surface area contributed by atoms with Crippen LogP contribution in [-0.2, 0) is 33.6 Å². The molecule has 2 atom stereocenters. The molecule has 10 nitrogen and oxygen atoms in total.